The Labute approximate surface area is 198 Å². The smallest absolute Gasteiger partial charge is 0.331 e. The number of aldehydes is 1. The highest BCUT2D eigenvalue weighted by Gasteiger charge is 2.76. The van der Waals surface area contributed by atoms with Gasteiger partial charge in [0.25, 0.3) is 0 Å². The van der Waals surface area contributed by atoms with E-state index in [-0.39, 0.29) is 12.0 Å². The maximum Gasteiger partial charge on any atom is 0.331 e. The zero-order valence-electron chi connectivity index (χ0n) is 19.4. The van der Waals surface area contributed by atoms with E-state index in [1.807, 2.05) is 26.0 Å². The molecular formula is C27H29NO6. The molecule has 3 fully saturated rings. The molecule has 0 amide bonds. The summed E-state index contributed by atoms with van der Waals surface area (Å²) in [6.07, 6.45) is 10.3. The fourth-order valence-corrected chi connectivity index (χ4v) is 7.04. The molecule has 1 N–H and O–H groups in total. The van der Waals surface area contributed by atoms with E-state index in [9.17, 15) is 19.2 Å². The van der Waals surface area contributed by atoms with Gasteiger partial charge in [-0.15, -0.1) is 0 Å². The summed E-state index contributed by atoms with van der Waals surface area (Å²) >= 11 is 0. The molecule has 178 valence electrons. The maximum atomic E-state index is 13.7. The molecule has 2 saturated carbocycles. The van der Waals surface area contributed by atoms with Crippen molar-refractivity contribution in [3.8, 4) is 0 Å². The second-order valence-corrected chi connectivity index (χ2v) is 10.7. The minimum Gasteiger partial charge on any atom is -0.464 e. The first-order valence-corrected chi connectivity index (χ1v) is 11.7. The molecule has 6 atom stereocenters. The van der Waals surface area contributed by atoms with Crippen molar-refractivity contribution < 1.29 is 28.7 Å². The first-order chi connectivity index (χ1) is 16.2. The van der Waals surface area contributed by atoms with Crippen LogP contribution in [0.25, 0.3) is 6.08 Å². The van der Waals surface area contributed by atoms with Gasteiger partial charge in [0.1, 0.15) is 19.0 Å². The summed E-state index contributed by atoms with van der Waals surface area (Å²) in [5.41, 5.74) is -1.88. The Morgan fingerprint density at radius 2 is 2.09 bits per heavy atom. The number of Topliss-reactive ketones (excluding diaryl/α,β-unsaturated/α-hetero) is 1. The number of hydrogen-bond donors (Lipinski definition) is 1. The Morgan fingerprint density at radius 3 is 2.79 bits per heavy atom. The predicted octanol–water partition coefficient (Wildman–Crippen LogP) is 3.44. The van der Waals surface area contributed by atoms with Crippen molar-refractivity contribution in [3.05, 3.63) is 54.4 Å². The Hall–Kier alpha value is -3.22. The van der Waals surface area contributed by atoms with Crippen LogP contribution < -0.4 is 0 Å². The van der Waals surface area contributed by atoms with Gasteiger partial charge in [-0.05, 0) is 54.4 Å². The van der Waals surface area contributed by atoms with E-state index in [0.29, 0.717) is 24.8 Å². The van der Waals surface area contributed by atoms with Gasteiger partial charge in [0.05, 0.1) is 0 Å². The van der Waals surface area contributed by atoms with Crippen molar-refractivity contribution in [2.75, 3.05) is 6.61 Å². The Balaban J connectivity index is 1.58. The highest BCUT2D eigenvalue weighted by atomic mass is 16.6. The summed E-state index contributed by atoms with van der Waals surface area (Å²) in [5.74, 6) is -3.18. The third kappa shape index (κ3) is 2.88. The molecular weight excluding hydrogens is 434 g/mol. The standard InChI is InChI=1S/C27H29NO6/c1-16-18-8-9-19-26(12-5-11-25(2,3)20(26)14-29)15-33-24(32)27(19,22(16)31)23(18)34-21(30)10-7-17-6-4-13-28-17/h4-7,10,12-14,18-20,23,28H,1,8-9,11,15H2,2-3H3/b10-7+/t18-,19-,20+,23+,26+,27-/m0/s1. The molecule has 0 unspecified atom stereocenters. The van der Waals surface area contributed by atoms with Crippen LogP contribution in [0.5, 0.6) is 0 Å². The summed E-state index contributed by atoms with van der Waals surface area (Å²) < 4.78 is 11.6. The number of carbonyl (C=O) groups excluding carboxylic acids is 4. The third-order valence-electron chi connectivity index (χ3n) is 8.58. The van der Waals surface area contributed by atoms with Crippen LogP contribution in [0.4, 0.5) is 0 Å². The van der Waals surface area contributed by atoms with Gasteiger partial charge in [-0.2, -0.15) is 0 Å². The molecule has 1 aliphatic heterocycles. The van der Waals surface area contributed by atoms with Crippen molar-refractivity contribution in [1.82, 2.24) is 4.98 Å². The molecule has 34 heavy (non-hydrogen) atoms. The number of ketones is 1. The lowest BCUT2D eigenvalue weighted by Gasteiger charge is -2.58. The van der Waals surface area contributed by atoms with Crippen molar-refractivity contribution in [1.29, 1.82) is 0 Å². The first-order valence-electron chi connectivity index (χ1n) is 11.7. The molecule has 2 spiro atoms. The van der Waals surface area contributed by atoms with Gasteiger partial charge in [-0.25, -0.2) is 4.79 Å². The molecule has 1 aromatic rings. The summed E-state index contributed by atoms with van der Waals surface area (Å²) in [5, 5.41) is 0. The van der Waals surface area contributed by atoms with Crippen molar-refractivity contribution in [3.63, 3.8) is 0 Å². The number of ether oxygens (including phenoxy) is 2. The van der Waals surface area contributed by atoms with Crippen LogP contribution in [0.2, 0.25) is 0 Å². The topological polar surface area (TPSA) is 103 Å². The number of cyclic esters (lactones) is 1. The van der Waals surface area contributed by atoms with Gasteiger partial charge in [0, 0.05) is 35.2 Å². The minimum absolute atomic E-state index is 0.0272. The van der Waals surface area contributed by atoms with Crippen molar-refractivity contribution >= 4 is 30.1 Å². The van der Waals surface area contributed by atoms with Gasteiger partial charge in [0.2, 0.25) is 0 Å². The highest BCUT2D eigenvalue weighted by Crippen LogP contribution is 2.67. The van der Waals surface area contributed by atoms with E-state index in [4.69, 9.17) is 9.47 Å². The number of nitrogens with one attached hydrogen (secondary N) is 1. The molecule has 0 aromatic carbocycles. The van der Waals surface area contributed by atoms with Gasteiger partial charge in [-0.3, -0.25) is 9.59 Å². The summed E-state index contributed by atoms with van der Waals surface area (Å²) in [4.78, 5) is 55.4. The molecule has 0 radical (unpaired) electrons. The molecule has 2 bridgehead atoms. The fraction of sp³-hybridized carbons (Fsp3) is 0.481. The largest absolute Gasteiger partial charge is 0.464 e. The zero-order valence-corrected chi connectivity index (χ0v) is 19.4. The first kappa shape index (κ1) is 22.6. The number of carbonyl (C=O) groups is 4. The number of fused-ring (bicyclic) bond motifs is 2. The number of aromatic nitrogens is 1. The number of hydrogen-bond acceptors (Lipinski definition) is 6. The maximum absolute atomic E-state index is 13.7. The second kappa shape index (κ2) is 7.65. The fourth-order valence-electron chi connectivity index (χ4n) is 7.04. The number of rotatable bonds is 4. The lowest BCUT2D eigenvalue weighted by atomic mass is 9.46. The average molecular weight is 464 g/mol. The normalized spacial score (nSPS) is 38.1. The molecule has 4 aliphatic rings. The number of H-pyrrole nitrogens is 1. The van der Waals surface area contributed by atoms with E-state index < -0.39 is 52.4 Å². The Morgan fingerprint density at radius 1 is 1.29 bits per heavy atom. The van der Waals surface area contributed by atoms with Crippen LogP contribution >= 0.6 is 0 Å². The van der Waals surface area contributed by atoms with Gasteiger partial charge in [0.15, 0.2) is 11.2 Å². The van der Waals surface area contributed by atoms with E-state index >= 15 is 0 Å². The number of aromatic amines is 1. The lowest BCUT2D eigenvalue weighted by Crippen LogP contribution is -2.66. The summed E-state index contributed by atoms with van der Waals surface area (Å²) in [6, 6.07) is 3.60. The molecule has 3 aliphatic carbocycles. The SMILES string of the molecule is C=C1C(=O)[C@@]23C(=O)OC[C@]4(C=CCC(C)(C)[C@H]4C=O)[C@@H]2CC[C@@H]1[C@H]3OC(=O)/C=C/c1ccc[nH]1. The minimum atomic E-state index is -1.69. The quantitative estimate of drug-likeness (QED) is 0.241. The second-order valence-electron chi connectivity index (χ2n) is 10.7. The summed E-state index contributed by atoms with van der Waals surface area (Å²) in [7, 11) is 0. The number of allylic oxidation sites excluding steroid dienone is 1. The Bertz CT molecular complexity index is 1130. The van der Waals surface area contributed by atoms with Gasteiger partial charge < -0.3 is 19.3 Å². The molecule has 2 heterocycles. The van der Waals surface area contributed by atoms with Crippen LogP contribution in [-0.4, -0.2) is 41.7 Å². The Kier molecular flexibility index (Phi) is 5.08. The van der Waals surface area contributed by atoms with Gasteiger partial charge in [-0.1, -0.05) is 32.6 Å². The van der Waals surface area contributed by atoms with Crippen LogP contribution in [-0.2, 0) is 28.7 Å². The van der Waals surface area contributed by atoms with Crippen LogP contribution in [0.15, 0.2) is 48.7 Å². The summed E-state index contributed by atoms with van der Waals surface area (Å²) in [6.45, 7) is 8.05. The van der Waals surface area contributed by atoms with Crippen LogP contribution in [0.1, 0.15) is 38.8 Å². The predicted molar refractivity (Wildman–Crippen MR) is 123 cm³/mol. The molecule has 7 heteroatoms. The van der Waals surface area contributed by atoms with E-state index in [0.717, 1.165) is 12.0 Å². The van der Waals surface area contributed by atoms with Crippen molar-refractivity contribution in [2.24, 2.45) is 34.0 Å². The lowest BCUT2D eigenvalue weighted by molar-refractivity contribution is -0.215. The van der Waals surface area contributed by atoms with Crippen molar-refractivity contribution in [2.45, 2.75) is 39.2 Å². The highest BCUT2D eigenvalue weighted by molar-refractivity contribution is 6.16. The van der Waals surface area contributed by atoms with E-state index in [1.54, 1.807) is 24.4 Å². The third-order valence-corrected chi connectivity index (χ3v) is 8.58. The number of esters is 2. The molecule has 5 rings (SSSR count). The van der Waals surface area contributed by atoms with E-state index in [2.05, 4.69) is 11.6 Å². The monoisotopic (exact) mass is 463 g/mol. The van der Waals surface area contributed by atoms with Crippen LogP contribution in [0, 0.1) is 34.0 Å². The van der Waals surface area contributed by atoms with Crippen LogP contribution in [0.3, 0.4) is 0 Å². The molecule has 1 aromatic heterocycles. The average Bonchev–Trinajstić information content (AvgIpc) is 3.35. The zero-order chi connectivity index (χ0) is 24.3. The molecule has 1 saturated heterocycles. The van der Waals surface area contributed by atoms with Gasteiger partial charge >= 0.3 is 11.9 Å². The van der Waals surface area contributed by atoms with E-state index in [1.165, 1.54) is 6.08 Å². The molecule has 7 nitrogen and oxygen atoms in total.